The summed E-state index contributed by atoms with van der Waals surface area (Å²) in [4.78, 5) is 28.3. The summed E-state index contributed by atoms with van der Waals surface area (Å²) in [6.07, 6.45) is 0.994. The minimum atomic E-state index is -0.664. The highest BCUT2D eigenvalue weighted by Gasteiger charge is 2.41. The maximum Gasteiger partial charge on any atom is 0.277 e. The number of aromatic amines is 1. The number of benzene rings is 2. The van der Waals surface area contributed by atoms with Gasteiger partial charge in [0, 0.05) is 34.4 Å². The maximum absolute atomic E-state index is 13.6. The van der Waals surface area contributed by atoms with Crippen LogP contribution in [0.5, 0.6) is 11.5 Å². The molecule has 4 aromatic rings. The number of Topliss-reactive ketones (excluding diaryl/α,β-unsaturated/α-hetero) is 1. The molecule has 0 unspecified atom stereocenters. The van der Waals surface area contributed by atoms with Crippen molar-refractivity contribution in [3.63, 3.8) is 0 Å². The Hall–Kier alpha value is -4.04. The molecular formula is C26H21N3O4S. The van der Waals surface area contributed by atoms with Crippen LogP contribution in [0.25, 0.3) is 5.69 Å². The molecule has 2 aromatic carbocycles. The Kier molecular flexibility index (Phi) is 4.70. The van der Waals surface area contributed by atoms with Gasteiger partial charge in [-0.05, 0) is 47.7 Å². The molecule has 34 heavy (non-hydrogen) atoms. The van der Waals surface area contributed by atoms with Gasteiger partial charge in [0.25, 0.3) is 5.56 Å². The third-order valence-corrected chi connectivity index (χ3v) is 7.62. The Labute approximate surface area is 198 Å². The zero-order valence-electron chi connectivity index (χ0n) is 18.0. The first-order valence-electron chi connectivity index (χ1n) is 11.0. The summed E-state index contributed by atoms with van der Waals surface area (Å²) in [7, 11) is 0. The molecule has 6 rings (SSSR count). The minimum Gasteiger partial charge on any atom is -0.504 e. The lowest BCUT2D eigenvalue weighted by atomic mass is 9.74. The second kappa shape index (κ2) is 7.78. The number of thiophene rings is 1. The fourth-order valence-corrected chi connectivity index (χ4v) is 5.86. The summed E-state index contributed by atoms with van der Waals surface area (Å²) in [6.45, 7) is 0. The van der Waals surface area contributed by atoms with Crippen LogP contribution >= 0.6 is 11.3 Å². The average Bonchev–Trinajstić information content (AvgIpc) is 3.49. The second-order valence-electron chi connectivity index (χ2n) is 8.62. The summed E-state index contributed by atoms with van der Waals surface area (Å²) >= 11 is 1.64. The first-order valence-corrected chi connectivity index (χ1v) is 11.9. The number of H-pyrrole nitrogens is 1. The van der Waals surface area contributed by atoms with Crippen LogP contribution in [0.1, 0.15) is 40.7 Å². The number of fused-ring (bicyclic) bond motifs is 1. The van der Waals surface area contributed by atoms with E-state index in [9.17, 15) is 19.8 Å². The first-order chi connectivity index (χ1) is 16.5. The highest BCUT2D eigenvalue weighted by atomic mass is 32.1. The lowest BCUT2D eigenvalue weighted by Crippen LogP contribution is -2.31. The van der Waals surface area contributed by atoms with E-state index >= 15 is 0 Å². The molecule has 0 amide bonds. The van der Waals surface area contributed by atoms with Gasteiger partial charge in [0.05, 0.1) is 11.3 Å². The molecule has 3 heterocycles. The Morgan fingerprint density at radius 1 is 0.941 bits per heavy atom. The van der Waals surface area contributed by atoms with E-state index in [1.165, 1.54) is 16.8 Å². The molecule has 0 saturated heterocycles. The van der Waals surface area contributed by atoms with Gasteiger partial charge in [0.2, 0.25) is 0 Å². The molecule has 0 saturated carbocycles. The fraction of sp³-hybridized carbons (Fsp3) is 0.154. The zero-order valence-corrected chi connectivity index (χ0v) is 18.8. The number of carbonyl (C=O) groups is 1. The van der Waals surface area contributed by atoms with E-state index in [4.69, 9.17) is 0 Å². The number of anilines is 1. The van der Waals surface area contributed by atoms with Gasteiger partial charge in [0.15, 0.2) is 17.3 Å². The molecule has 2 aromatic heterocycles. The second-order valence-corrected chi connectivity index (χ2v) is 9.60. The summed E-state index contributed by atoms with van der Waals surface area (Å²) in [6, 6.07) is 17.7. The number of aromatic nitrogens is 2. The predicted octanol–water partition coefficient (Wildman–Crippen LogP) is 4.60. The van der Waals surface area contributed by atoms with Crippen LogP contribution in [-0.2, 0) is 4.79 Å². The van der Waals surface area contributed by atoms with Crippen LogP contribution in [0.15, 0.2) is 82.1 Å². The molecule has 4 N–H and O–H groups in total. The number of phenols is 2. The Morgan fingerprint density at radius 3 is 2.50 bits per heavy atom. The van der Waals surface area contributed by atoms with Crippen molar-refractivity contribution in [3.05, 3.63) is 104 Å². The zero-order chi connectivity index (χ0) is 23.4. The van der Waals surface area contributed by atoms with E-state index < -0.39 is 5.92 Å². The van der Waals surface area contributed by atoms with Gasteiger partial charge >= 0.3 is 0 Å². The van der Waals surface area contributed by atoms with Crippen LogP contribution in [-0.4, -0.2) is 25.8 Å². The molecular weight excluding hydrogens is 450 g/mol. The van der Waals surface area contributed by atoms with Crippen LogP contribution in [0, 0.1) is 0 Å². The SMILES string of the molecule is O=C1C[C@@H](c2cccs2)CC2=C1[C@H](c1ccc(O)c(O)c1)c1c([nH]n(-c3ccccc3)c1=O)N2. The Balaban J connectivity index is 1.54. The molecule has 0 bridgehead atoms. The van der Waals surface area contributed by atoms with E-state index in [0.717, 1.165) is 10.6 Å². The first kappa shape index (κ1) is 20.6. The van der Waals surface area contributed by atoms with Gasteiger partial charge in [-0.2, -0.15) is 0 Å². The van der Waals surface area contributed by atoms with Crippen molar-refractivity contribution in [2.24, 2.45) is 0 Å². The normalized spacial score (nSPS) is 19.5. The number of phenolic OH excluding ortho intramolecular Hbond substituents is 2. The molecule has 2 atom stereocenters. The number of nitrogens with zero attached hydrogens (tertiary/aromatic N) is 1. The number of ketones is 1. The number of nitrogens with one attached hydrogen (secondary N) is 2. The predicted molar refractivity (Wildman–Crippen MR) is 130 cm³/mol. The summed E-state index contributed by atoms with van der Waals surface area (Å²) in [5.41, 5.74) is 2.71. The number of allylic oxidation sites excluding steroid dienone is 2. The average molecular weight is 472 g/mol. The molecule has 0 spiro atoms. The Bertz CT molecular complexity index is 1500. The van der Waals surface area contributed by atoms with Crippen LogP contribution in [0.2, 0.25) is 0 Å². The van der Waals surface area contributed by atoms with Gasteiger partial charge in [-0.1, -0.05) is 30.3 Å². The number of rotatable bonds is 3. The third-order valence-electron chi connectivity index (χ3n) is 6.58. The molecule has 2 aliphatic rings. The summed E-state index contributed by atoms with van der Waals surface area (Å²) in [5, 5.41) is 28.6. The standard InChI is InChI=1S/C26H21N3O4S/c30-18-9-8-14(12-19(18)31)22-23-17(11-15(13-20(23)32)21-7-4-10-34-21)27-25-24(22)26(33)29(28-25)16-5-2-1-3-6-16/h1-10,12,15,22,27-28,30-31H,11,13H2/t15-,22-/m0/s1. The van der Waals surface area contributed by atoms with Crippen molar-refractivity contribution in [2.45, 2.75) is 24.7 Å². The van der Waals surface area contributed by atoms with Gasteiger partial charge in [-0.25, -0.2) is 4.68 Å². The van der Waals surface area contributed by atoms with Gasteiger partial charge in [-0.3, -0.25) is 14.7 Å². The van der Waals surface area contributed by atoms with Crippen molar-refractivity contribution in [1.82, 2.24) is 9.78 Å². The van der Waals surface area contributed by atoms with Gasteiger partial charge in [0.1, 0.15) is 5.82 Å². The number of carbonyl (C=O) groups excluding carboxylic acids is 1. The maximum atomic E-state index is 13.6. The van der Waals surface area contributed by atoms with E-state index in [0.29, 0.717) is 41.0 Å². The quantitative estimate of drug-likeness (QED) is 0.327. The molecule has 1 aliphatic carbocycles. The fourth-order valence-electron chi connectivity index (χ4n) is 5.03. The van der Waals surface area contributed by atoms with Crippen molar-refractivity contribution < 1.29 is 15.0 Å². The molecule has 1 aliphatic heterocycles. The van der Waals surface area contributed by atoms with Crippen LogP contribution < -0.4 is 10.9 Å². The highest BCUT2D eigenvalue weighted by Crippen LogP contribution is 2.48. The van der Waals surface area contributed by atoms with E-state index in [1.807, 2.05) is 47.8 Å². The molecule has 170 valence electrons. The lowest BCUT2D eigenvalue weighted by Gasteiger charge is -2.34. The largest absolute Gasteiger partial charge is 0.504 e. The monoisotopic (exact) mass is 471 g/mol. The summed E-state index contributed by atoms with van der Waals surface area (Å²) < 4.78 is 1.46. The summed E-state index contributed by atoms with van der Waals surface area (Å²) in [5.74, 6) is -0.638. The number of hydrogen-bond donors (Lipinski definition) is 4. The van der Waals surface area contributed by atoms with Crippen molar-refractivity contribution >= 4 is 22.9 Å². The smallest absolute Gasteiger partial charge is 0.277 e. The Morgan fingerprint density at radius 2 is 1.76 bits per heavy atom. The van der Waals surface area contributed by atoms with E-state index in [2.05, 4.69) is 10.4 Å². The minimum absolute atomic E-state index is 0.0257. The van der Waals surface area contributed by atoms with Gasteiger partial charge < -0.3 is 15.5 Å². The number of para-hydroxylation sites is 1. The molecule has 0 fully saturated rings. The van der Waals surface area contributed by atoms with Crippen molar-refractivity contribution in [3.8, 4) is 17.2 Å². The molecule has 0 radical (unpaired) electrons. The van der Waals surface area contributed by atoms with Crippen LogP contribution in [0.3, 0.4) is 0 Å². The number of aromatic hydroxyl groups is 2. The van der Waals surface area contributed by atoms with E-state index in [1.54, 1.807) is 17.4 Å². The molecule has 8 heteroatoms. The number of hydrogen-bond acceptors (Lipinski definition) is 6. The van der Waals surface area contributed by atoms with Crippen molar-refractivity contribution in [1.29, 1.82) is 0 Å². The third kappa shape index (κ3) is 3.18. The van der Waals surface area contributed by atoms with E-state index in [-0.39, 0.29) is 28.8 Å². The van der Waals surface area contributed by atoms with Crippen LogP contribution in [0.4, 0.5) is 5.82 Å². The topological polar surface area (TPSA) is 107 Å². The highest BCUT2D eigenvalue weighted by molar-refractivity contribution is 7.10. The van der Waals surface area contributed by atoms with Crippen molar-refractivity contribution in [2.75, 3.05) is 5.32 Å². The lowest BCUT2D eigenvalue weighted by molar-refractivity contribution is -0.116. The van der Waals surface area contributed by atoms with Gasteiger partial charge in [-0.15, -0.1) is 11.3 Å². The molecule has 7 nitrogen and oxygen atoms in total.